The van der Waals surface area contributed by atoms with Gasteiger partial charge in [0.2, 0.25) is 0 Å². The highest BCUT2D eigenvalue weighted by molar-refractivity contribution is 5.70. The molecule has 0 bridgehead atoms. The molecule has 1 saturated heterocycles. The van der Waals surface area contributed by atoms with Gasteiger partial charge in [-0.25, -0.2) is 14.8 Å². The lowest BCUT2D eigenvalue weighted by atomic mass is 10.1. The van der Waals surface area contributed by atoms with E-state index in [1.165, 1.54) is 0 Å². The Hall–Kier alpha value is -2.67. The maximum Gasteiger partial charge on any atom is 0.412 e. The first-order chi connectivity index (χ1) is 13.1. The third-order valence-corrected chi connectivity index (χ3v) is 4.51. The van der Waals surface area contributed by atoms with Crippen LogP contribution in [0, 0.1) is 6.92 Å². The molecular formula is C20H26N4O3. The predicted molar refractivity (Wildman–Crippen MR) is 104 cm³/mol. The molecule has 1 aromatic carbocycles. The number of morpholine rings is 1. The van der Waals surface area contributed by atoms with Crippen molar-refractivity contribution in [2.45, 2.75) is 27.2 Å². The van der Waals surface area contributed by atoms with Gasteiger partial charge in [-0.3, -0.25) is 0 Å². The smallest absolute Gasteiger partial charge is 0.410 e. The Bertz CT molecular complexity index is 787. The summed E-state index contributed by atoms with van der Waals surface area (Å²) >= 11 is 0. The molecule has 7 heteroatoms. The van der Waals surface area contributed by atoms with Crippen LogP contribution in [0.2, 0.25) is 0 Å². The summed E-state index contributed by atoms with van der Waals surface area (Å²) in [5, 5.41) is 2.60. The minimum absolute atomic E-state index is 0.459. The van der Waals surface area contributed by atoms with Gasteiger partial charge >= 0.3 is 6.09 Å². The molecule has 7 nitrogen and oxygen atoms in total. The lowest BCUT2D eigenvalue weighted by Gasteiger charge is -2.29. The molecule has 3 rings (SSSR count). The van der Waals surface area contributed by atoms with E-state index in [1.54, 1.807) is 12.1 Å². The normalized spacial score (nSPS) is 14.1. The largest absolute Gasteiger partial charge is 0.412 e. The van der Waals surface area contributed by atoms with E-state index in [2.05, 4.69) is 24.1 Å². The molecule has 2 aromatic rings. The van der Waals surface area contributed by atoms with E-state index >= 15 is 0 Å². The number of hydrogen-bond acceptors (Lipinski definition) is 6. The quantitative estimate of drug-likeness (QED) is 0.872. The first-order valence-corrected chi connectivity index (χ1v) is 9.38. The highest BCUT2D eigenvalue weighted by Crippen LogP contribution is 2.27. The number of benzene rings is 1. The molecule has 0 radical (unpaired) electrons. The lowest BCUT2D eigenvalue weighted by Crippen LogP contribution is -2.37. The minimum atomic E-state index is -0.459. The van der Waals surface area contributed by atoms with Crippen molar-refractivity contribution in [3.8, 4) is 17.1 Å². The molecule has 1 fully saturated rings. The van der Waals surface area contributed by atoms with Gasteiger partial charge in [-0.05, 0) is 44.5 Å². The van der Waals surface area contributed by atoms with Crippen molar-refractivity contribution in [2.24, 2.45) is 0 Å². The number of aryl methyl sites for hydroxylation is 1. The van der Waals surface area contributed by atoms with Gasteiger partial charge in [0.15, 0.2) is 5.82 Å². The van der Waals surface area contributed by atoms with E-state index in [4.69, 9.17) is 19.4 Å². The number of carbonyl (C=O) groups excluding carboxylic acids is 1. The molecule has 1 aliphatic rings. The Balaban J connectivity index is 1.88. The molecule has 0 aliphatic carbocycles. The first kappa shape index (κ1) is 19.1. The van der Waals surface area contributed by atoms with Crippen LogP contribution >= 0.6 is 0 Å². The third-order valence-electron chi connectivity index (χ3n) is 4.51. The van der Waals surface area contributed by atoms with Crippen LogP contribution in [0.5, 0.6) is 5.75 Å². The molecule has 0 spiro atoms. The zero-order valence-corrected chi connectivity index (χ0v) is 16.1. The van der Waals surface area contributed by atoms with Crippen LogP contribution in [0.15, 0.2) is 24.3 Å². The van der Waals surface area contributed by atoms with Crippen molar-refractivity contribution in [2.75, 3.05) is 37.7 Å². The van der Waals surface area contributed by atoms with Gasteiger partial charge in [0.1, 0.15) is 11.6 Å². The average molecular weight is 370 g/mol. The third kappa shape index (κ3) is 4.54. The Labute approximate surface area is 159 Å². The van der Waals surface area contributed by atoms with Crippen molar-refractivity contribution in [3.63, 3.8) is 0 Å². The van der Waals surface area contributed by atoms with Crippen LogP contribution in [0.3, 0.4) is 0 Å². The molecule has 1 N–H and O–H groups in total. The number of hydrogen-bond donors (Lipinski definition) is 1. The fourth-order valence-electron chi connectivity index (χ4n) is 3.07. The van der Waals surface area contributed by atoms with Gasteiger partial charge in [-0.15, -0.1) is 0 Å². The van der Waals surface area contributed by atoms with Crippen molar-refractivity contribution >= 4 is 11.9 Å². The highest BCUT2D eigenvalue weighted by Gasteiger charge is 2.19. The SMILES string of the molecule is CCNC(=O)Oc1ccc(-c2nc(CC)c(C)c(N3CCOCC3)n2)cc1. The van der Waals surface area contributed by atoms with Crippen LogP contribution in [0.1, 0.15) is 25.1 Å². The number of amides is 1. The molecule has 1 aliphatic heterocycles. The van der Waals surface area contributed by atoms with Gasteiger partial charge in [0.05, 0.1) is 13.2 Å². The van der Waals surface area contributed by atoms with E-state index in [9.17, 15) is 4.79 Å². The summed E-state index contributed by atoms with van der Waals surface area (Å²) in [5.74, 6) is 2.15. The van der Waals surface area contributed by atoms with E-state index < -0.39 is 6.09 Å². The summed E-state index contributed by atoms with van der Waals surface area (Å²) in [6.07, 6.45) is 0.386. The molecule has 2 heterocycles. The van der Waals surface area contributed by atoms with Gasteiger partial charge in [-0.2, -0.15) is 0 Å². The topological polar surface area (TPSA) is 76.6 Å². The monoisotopic (exact) mass is 370 g/mol. The van der Waals surface area contributed by atoms with E-state index in [0.717, 1.165) is 42.1 Å². The van der Waals surface area contributed by atoms with Crippen LogP contribution in [-0.4, -0.2) is 48.9 Å². The van der Waals surface area contributed by atoms with Crippen LogP contribution < -0.4 is 15.0 Å². The van der Waals surface area contributed by atoms with E-state index in [0.29, 0.717) is 31.3 Å². The molecule has 27 heavy (non-hydrogen) atoms. The summed E-state index contributed by atoms with van der Waals surface area (Å²) in [7, 11) is 0. The molecule has 0 atom stereocenters. The summed E-state index contributed by atoms with van der Waals surface area (Å²) in [4.78, 5) is 23.4. The molecule has 144 valence electrons. The Morgan fingerprint density at radius 2 is 1.89 bits per heavy atom. The zero-order chi connectivity index (χ0) is 19.2. The van der Waals surface area contributed by atoms with Gasteiger partial charge in [0, 0.05) is 36.5 Å². The van der Waals surface area contributed by atoms with Gasteiger partial charge in [-0.1, -0.05) is 6.92 Å². The number of aromatic nitrogens is 2. The first-order valence-electron chi connectivity index (χ1n) is 9.38. The number of ether oxygens (including phenoxy) is 2. The van der Waals surface area contributed by atoms with Crippen molar-refractivity contribution in [1.82, 2.24) is 15.3 Å². The Morgan fingerprint density at radius 3 is 2.52 bits per heavy atom. The summed E-state index contributed by atoms with van der Waals surface area (Å²) in [6.45, 7) is 9.65. The van der Waals surface area contributed by atoms with Gasteiger partial charge < -0.3 is 19.7 Å². The van der Waals surface area contributed by atoms with E-state index in [1.807, 2.05) is 19.1 Å². The summed E-state index contributed by atoms with van der Waals surface area (Å²) in [5.41, 5.74) is 3.06. The standard InChI is InChI=1S/C20H26N4O3/c1-4-17-14(3)19(24-10-12-26-13-11-24)23-18(22-17)15-6-8-16(9-7-15)27-20(25)21-5-2/h6-9H,4-5,10-13H2,1-3H3,(H,21,25). The maximum absolute atomic E-state index is 11.5. The number of nitrogens with one attached hydrogen (secondary N) is 1. The highest BCUT2D eigenvalue weighted by atomic mass is 16.6. The molecule has 0 saturated carbocycles. The van der Waals surface area contributed by atoms with Crippen molar-refractivity contribution in [1.29, 1.82) is 0 Å². The Kier molecular flexibility index (Phi) is 6.24. The zero-order valence-electron chi connectivity index (χ0n) is 16.1. The van der Waals surface area contributed by atoms with Crippen molar-refractivity contribution in [3.05, 3.63) is 35.5 Å². The molecular weight excluding hydrogens is 344 g/mol. The predicted octanol–water partition coefficient (Wildman–Crippen LogP) is 2.96. The fourth-order valence-corrected chi connectivity index (χ4v) is 3.07. The number of anilines is 1. The molecule has 1 amide bonds. The van der Waals surface area contributed by atoms with Gasteiger partial charge in [0.25, 0.3) is 0 Å². The average Bonchev–Trinajstić information content (AvgIpc) is 2.69. The number of nitrogens with zero attached hydrogens (tertiary/aromatic N) is 3. The second-order valence-corrected chi connectivity index (χ2v) is 6.34. The summed E-state index contributed by atoms with van der Waals surface area (Å²) in [6, 6.07) is 7.27. The van der Waals surface area contributed by atoms with Crippen LogP contribution in [0.25, 0.3) is 11.4 Å². The van der Waals surface area contributed by atoms with Crippen LogP contribution in [-0.2, 0) is 11.2 Å². The lowest BCUT2D eigenvalue weighted by molar-refractivity contribution is 0.122. The van der Waals surface area contributed by atoms with Crippen molar-refractivity contribution < 1.29 is 14.3 Å². The second kappa shape index (κ2) is 8.81. The number of rotatable bonds is 5. The maximum atomic E-state index is 11.5. The minimum Gasteiger partial charge on any atom is -0.410 e. The fraction of sp³-hybridized carbons (Fsp3) is 0.450. The number of carbonyl (C=O) groups is 1. The van der Waals surface area contributed by atoms with E-state index in [-0.39, 0.29) is 0 Å². The van der Waals surface area contributed by atoms with Crippen LogP contribution in [0.4, 0.5) is 10.6 Å². The summed E-state index contributed by atoms with van der Waals surface area (Å²) < 4.78 is 10.7. The molecule has 1 aromatic heterocycles. The Morgan fingerprint density at radius 1 is 1.19 bits per heavy atom. The second-order valence-electron chi connectivity index (χ2n) is 6.34. The molecule has 0 unspecified atom stereocenters.